The zero-order valence-corrected chi connectivity index (χ0v) is 16.6. The highest BCUT2D eigenvalue weighted by Crippen LogP contribution is 2.46. The number of piperidine rings is 1. The van der Waals surface area contributed by atoms with E-state index in [2.05, 4.69) is 28.1 Å². The summed E-state index contributed by atoms with van der Waals surface area (Å²) in [4.78, 5) is 23.1. The van der Waals surface area contributed by atoms with Gasteiger partial charge in [0.2, 0.25) is 0 Å². The van der Waals surface area contributed by atoms with E-state index in [9.17, 15) is 4.79 Å². The van der Waals surface area contributed by atoms with Gasteiger partial charge in [0.1, 0.15) is 5.82 Å². The van der Waals surface area contributed by atoms with E-state index in [0.717, 1.165) is 73.0 Å². The largest absolute Gasteiger partial charge is 0.310 e. The van der Waals surface area contributed by atoms with Crippen LogP contribution in [-0.2, 0) is 18.4 Å². The van der Waals surface area contributed by atoms with Crippen molar-refractivity contribution >= 4 is 11.6 Å². The standard InChI is InChI=1S/C22H26ClN3O/c1-14-2-3-15(12-18(14)23)13-26-10-8-22(9-11-26)7-6-17-19(22)24-20(16-4-5-16)25-21(17)27/h2-3,12,16H,4-11,13H2,1H3,(H,24,25,27). The summed E-state index contributed by atoms with van der Waals surface area (Å²) in [6.45, 7) is 5.09. The highest BCUT2D eigenvalue weighted by atomic mass is 35.5. The van der Waals surface area contributed by atoms with Crippen molar-refractivity contribution in [3.8, 4) is 0 Å². The topological polar surface area (TPSA) is 49.0 Å². The molecule has 1 aromatic carbocycles. The summed E-state index contributed by atoms with van der Waals surface area (Å²) in [5, 5.41) is 0.849. The van der Waals surface area contributed by atoms with Crippen molar-refractivity contribution in [3.63, 3.8) is 0 Å². The Kier molecular flexibility index (Phi) is 4.17. The van der Waals surface area contributed by atoms with Crippen molar-refractivity contribution in [1.82, 2.24) is 14.9 Å². The van der Waals surface area contributed by atoms with Crippen LogP contribution < -0.4 is 5.56 Å². The van der Waals surface area contributed by atoms with E-state index in [1.54, 1.807) is 0 Å². The van der Waals surface area contributed by atoms with E-state index in [4.69, 9.17) is 16.6 Å². The fraction of sp³-hybridized carbons (Fsp3) is 0.545. The molecule has 0 amide bonds. The average molecular weight is 384 g/mol. The van der Waals surface area contributed by atoms with Crippen LogP contribution in [0.5, 0.6) is 0 Å². The third-order valence-electron chi connectivity index (χ3n) is 6.81. The number of hydrogen-bond donors (Lipinski definition) is 1. The Morgan fingerprint density at radius 3 is 2.74 bits per heavy atom. The van der Waals surface area contributed by atoms with Gasteiger partial charge in [0.05, 0.1) is 5.69 Å². The first-order valence-electron chi connectivity index (χ1n) is 10.1. The zero-order chi connectivity index (χ0) is 18.6. The number of aromatic nitrogens is 2. The summed E-state index contributed by atoms with van der Waals surface area (Å²) >= 11 is 6.29. The number of benzene rings is 1. The van der Waals surface area contributed by atoms with E-state index in [1.165, 1.54) is 18.4 Å². The van der Waals surface area contributed by atoms with Gasteiger partial charge in [0, 0.05) is 28.5 Å². The predicted octanol–water partition coefficient (Wildman–Crippen LogP) is 4.09. The lowest BCUT2D eigenvalue weighted by atomic mass is 9.76. The molecule has 2 heterocycles. The zero-order valence-electron chi connectivity index (χ0n) is 15.9. The monoisotopic (exact) mass is 383 g/mol. The summed E-state index contributed by atoms with van der Waals surface area (Å²) in [6.07, 6.45) is 6.50. The summed E-state index contributed by atoms with van der Waals surface area (Å²) in [5.74, 6) is 1.43. The van der Waals surface area contributed by atoms with Crippen LogP contribution in [0.25, 0.3) is 0 Å². The number of rotatable bonds is 3. The average Bonchev–Trinajstić information content (AvgIpc) is 3.45. The van der Waals surface area contributed by atoms with Gasteiger partial charge in [0.15, 0.2) is 0 Å². The third-order valence-corrected chi connectivity index (χ3v) is 7.22. The smallest absolute Gasteiger partial charge is 0.254 e. The number of nitrogens with one attached hydrogen (secondary N) is 1. The van der Waals surface area contributed by atoms with Crippen LogP contribution in [0.3, 0.4) is 0 Å². The quantitative estimate of drug-likeness (QED) is 0.868. The SMILES string of the molecule is Cc1ccc(CN2CCC3(CCc4c3nc(C3CC3)[nH]c4=O)CC2)cc1Cl. The Morgan fingerprint density at radius 1 is 1.26 bits per heavy atom. The lowest BCUT2D eigenvalue weighted by molar-refractivity contribution is 0.150. The fourth-order valence-electron chi connectivity index (χ4n) is 4.84. The van der Waals surface area contributed by atoms with E-state index in [0.29, 0.717) is 5.92 Å². The van der Waals surface area contributed by atoms with Crippen LogP contribution in [0.1, 0.15) is 66.2 Å². The molecule has 1 saturated heterocycles. The molecule has 5 heteroatoms. The summed E-state index contributed by atoms with van der Waals surface area (Å²) in [7, 11) is 0. The van der Waals surface area contributed by atoms with Crippen LogP contribution in [0.15, 0.2) is 23.0 Å². The maximum atomic E-state index is 12.5. The fourth-order valence-corrected chi connectivity index (χ4v) is 5.04. The van der Waals surface area contributed by atoms with Gasteiger partial charge in [-0.3, -0.25) is 9.69 Å². The number of aromatic amines is 1. The number of fused-ring (bicyclic) bond motifs is 2. The normalized spacial score (nSPS) is 21.6. The summed E-state index contributed by atoms with van der Waals surface area (Å²) in [6, 6.07) is 6.38. The molecule has 1 aliphatic heterocycles. The molecule has 1 N–H and O–H groups in total. The second-order valence-corrected chi connectivity index (χ2v) is 9.10. The maximum absolute atomic E-state index is 12.5. The van der Waals surface area contributed by atoms with Gasteiger partial charge in [-0.15, -0.1) is 0 Å². The summed E-state index contributed by atoms with van der Waals surface area (Å²) < 4.78 is 0. The maximum Gasteiger partial charge on any atom is 0.254 e. The highest BCUT2D eigenvalue weighted by Gasteiger charge is 2.44. The molecule has 0 unspecified atom stereocenters. The molecule has 1 aromatic heterocycles. The summed E-state index contributed by atoms with van der Waals surface area (Å²) in [5.41, 5.74) is 4.73. The molecular weight excluding hydrogens is 358 g/mol. The number of likely N-dealkylation sites (tertiary alicyclic amines) is 1. The molecule has 1 saturated carbocycles. The molecule has 27 heavy (non-hydrogen) atoms. The molecule has 4 nitrogen and oxygen atoms in total. The lowest BCUT2D eigenvalue weighted by Crippen LogP contribution is -2.42. The van der Waals surface area contributed by atoms with Gasteiger partial charge in [-0.05, 0) is 75.7 Å². The molecule has 0 atom stereocenters. The van der Waals surface area contributed by atoms with Gasteiger partial charge in [-0.2, -0.15) is 0 Å². The van der Waals surface area contributed by atoms with Crippen LogP contribution in [0, 0.1) is 6.92 Å². The van der Waals surface area contributed by atoms with Crippen LogP contribution in [-0.4, -0.2) is 28.0 Å². The van der Waals surface area contributed by atoms with Crippen molar-refractivity contribution < 1.29 is 0 Å². The van der Waals surface area contributed by atoms with Crippen molar-refractivity contribution in [2.24, 2.45) is 0 Å². The number of H-pyrrole nitrogens is 1. The van der Waals surface area contributed by atoms with Gasteiger partial charge >= 0.3 is 0 Å². The van der Waals surface area contributed by atoms with E-state index >= 15 is 0 Å². The molecule has 2 fully saturated rings. The number of aryl methyl sites for hydroxylation is 1. The first kappa shape index (κ1) is 17.4. The molecule has 3 aliphatic rings. The Bertz CT molecular complexity index is 939. The third kappa shape index (κ3) is 3.13. The Labute approximate surface area is 165 Å². The Morgan fingerprint density at radius 2 is 2.04 bits per heavy atom. The highest BCUT2D eigenvalue weighted by molar-refractivity contribution is 6.31. The molecule has 142 valence electrons. The second kappa shape index (κ2) is 6.46. The number of halogens is 1. The van der Waals surface area contributed by atoms with Crippen LogP contribution in [0.4, 0.5) is 0 Å². The molecule has 0 bridgehead atoms. The second-order valence-electron chi connectivity index (χ2n) is 8.69. The van der Waals surface area contributed by atoms with Crippen LogP contribution in [0.2, 0.25) is 5.02 Å². The van der Waals surface area contributed by atoms with Crippen molar-refractivity contribution in [1.29, 1.82) is 0 Å². The van der Waals surface area contributed by atoms with Gasteiger partial charge in [-0.1, -0.05) is 23.7 Å². The Balaban J connectivity index is 1.34. The van der Waals surface area contributed by atoms with E-state index < -0.39 is 0 Å². The molecule has 2 aromatic rings. The lowest BCUT2D eigenvalue weighted by Gasteiger charge is -2.39. The van der Waals surface area contributed by atoms with Gasteiger partial charge < -0.3 is 4.98 Å². The number of hydrogen-bond acceptors (Lipinski definition) is 3. The van der Waals surface area contributed by atoms with Crippen molar-refractivity contribution in [2.75, 3.05) is 13.1 Å². The first-order chi connectivity index (χ1) is 13.0. The molecule has 0 radical (unpaired) electrons. The van der Waals surface area contributed by atoms with Gasteiger partial charge in [0.25, 0.3) is 5.56 Å². The minimum atomic E-state index is 0.120. The molecular formula is C22H26ClN3O. The number of nitrogens with zero attached hydrogens (tertiary/aromatic N) is 2. The van der Waals surface area contributed by atoms with E-state index in [-0.39, 0.29) is 11.0 Å². The van der Waals surface area contributed by atoms with E-state index in [1.807, 2.05) is 6.92 Å². The molecule has 5 rings (SSSR count). The van der Waals surface area contributed by atoms with Crippen molar-refractivity contribution in [2.45, 2.75) is 63.3 Å². The minimum Gasteiger partial charge on any atom is -0.310 e. The van der Waals surface area contributed by atoms with Crippen LogP contribution >= 0.6 is 11.6 Å². The molecule has 2 aliphatic carbocycles. The molecule has 1 spiro atoms. The minimum absolute atomic E-state index is 0.120. The van der Waals surface area contributed by atoms with Crippen molar-refractivity contribution in [3.05, 3.63) is 61.8 Å². The predicted molar refractivity (Wildman–Crippen MR) is 108 cm³/mol. The Hall–Kier alpha value is -1.65. The van der Waals surface area contributed by atoms with Gasteiger partial charge in [-0.25, -0.2) is 4.98 Å². The first-order valence-corrected chi connectivity index (χ1v) is 10.5.